The molecule has 1 aromatic rings. The zero-order chi connectivity index (χ0) is 14.6. The van der Waals surface area contributed by atoms with Gasteiger partial charge >= 0.3 is 5.69 Å². The van der Waals surface area contributed by atoms with Gasteiger partial charge in [-0.15, -0.1) is 13.2 Å². The molecule has 2 rings (SSSR count). The van der Waals surface area contributed by atoms with Gasteiger partial charge in [0.1, 0.15) is 6.17 Å². The number of aliphatic hydroxyl groups excluding tert-OH is 1. The van der Waals surface area contributed by atoms with Gasteiger partial charge in [-0.25, -0.2) is 13.6 Å². The molecule has 0 aromatic carbocycles. The minimum atomic E-state index is -1.50. The maximum atomic E-state index is 13.5. The smallest absolute Gasteiger partial charge is 0.351 e. The summed E-state index contributed by atoms with van der Waals surface area (Å²) in [5, 5.41) is 8.83. The first-order valence-electron chi connectivity index (χ1n) is 5.47. The van der Waals surface area contributed by atoms with Crippen molar-refractivity contribution in [3.8, 4) is 0 Å². The van der Waals surface area contributed by atoms with Crippen LogP contribution in [0.2, 0.25) is 0 Å². The van der Waals surface area contributed by atoms with Crippen molar-refractivity contribution in [2.24, 2.45) is 0 Å². The van der Waals surface area contributed by atoms with E-state index in [0.29, 0.717) is 4.57 Å². The summed E-state index contributed by atoms with van der Waals surface area (Å²) < 4.78 is 32.5. The summed E-state index contributed by atoms with van der Waals surface area (Å²) in [6, 6.07) is 0. The number of anilines is 1. The van der Waals surface area contributed by atoms with Gasteiger partial charge in [-0.1, -0.05) is 0 Å². The second-order valence-corrected chi connectivity index (χ2v) is 3.75. The molecular weight excluding hydrogens is 260 g/mol. The molecule has 1 aliphatic rings. The molecule has 1 aliphatic heterocycles. The predicted octanol–water partition coefficient (Wildman–Crippen LogP) is 0.385. The lowest BCUT2D eigenvalue weighted by molar-refractivity contribution is -0.0397. The third-order valence-electron chi connectivity index (χ3n) is 2.54. The molecule has 106 valence electrons. The monoisotopic (exact) mass is 275 g/mol. The van der Waals surface area contributed by atoms with Crippen molar-refractivity contribution >= 4 is 5.82 Å². The van der Waals surface area contributed by atoms with Crippen LogP contribution in [0, 0.1) is 5.82 Å². The van der Waals surface area contributed by atoms with Crippen molar-refractivity contribution in [2.45, 2.75) is 24.9 Å². The minimum absolute atomic E-state index is 0.0560. The first-order valence-corrected chi connectivity index (χ1v) is 5.47. The molecule has 19 heavy (non-hydrogen) atoms. The molecule has 0 amide bonds. The summed E-state index contributed by atoms with van der Waals surface area (Å²) in [7, 11) is 0. The van der Waals surface area contributed by atoms with Gasteiger partial charge in [-0.3, -0.25) is 4.57 Å². The molecule has 1 fully saturated rings. The molecule has 0 saturated carbocycles. The topological polar surface area (TPSA) is 90.4 Å². The summed E-state index contributed by atoms with van der Waals surface area (Å²) in [5.74, 6) is -1.47. The van der Waals surface area contributed by atoms with Gasteiger partial charge in [0.15, 0.2) is 17.9 Å². The first kappa shape index (κ1) is 15.3. The zero-order valence-corrected chi connectivity index (χ0v) is 10.1. The highest BCUT2D eigenvalue weighted by Crippen LogP contribution is 2.30. The fourth-order valence-electron chi connectivity index (χ4n) is 1.70. The van der Waals surface area contributed by atoms with E-state index in [2.05, 4.69) is 18.1 Å². The van der Waals surface area contributed by atoms with Gasteiger partial charge in [0.05, 0.1) is 18.9 Å². The Balaban J connectivity index is 0.000000861. The molecule has 3 unspecified atom stereocenters. The Morgan fingerprint density at radius 3 is 2.79 bits per heavy atom. The minimum Gasteiger partial charge on any atom is -0.394 e. The third-order valence-corrected chi connectivity index (χ3v) is 2.54. The highest BCUT2D eigenvalue weighted by atomic mass is 19.1. The van der Waals surface area contributed by atoms with Gasteiger partial charge < -0.3 is 15.6 Å². The van der Waals surface area contributed by atoms with Crippen LogP contribution in [0.3, 0.4) is 0 Å². The molecule has 0 aliphatic carbocycles. The van der Waals surface area contributed by atoms with E-state index in [1.165, 1.54) is 0 Å². The van der Waals surface area contributed by atoms with Gasteiger partial charge in [0.25, 0.3) is 0 Å². The van der Waals surface area contributed by atoms with Crippen LogP contribution >= 0.6 is 0 Å². The van der Waals surface area contributed by atoms with E-state index < -0.39 is 35.8 Å². The standard InChI is InChI=1S/C9H11F2N3O3.C2H4/c10-5-1-4(3-15)17-8(5)14-2-6(11)7(12)13-9(14)16;1-2/h2,4-5,8,15H,1,3H2,(H2,12,13,16);1-2H2. The van der Waals surface area contributed by atoms with Gasteiger partial charge in [-0.05, 0) is 0 Å². The van der Waals surface area contributed by atoms with Crippen molar-refractivity contribution in [1.29, 1.82) is 0 Å². The van der Waals surface area contributed by atoms with Crippen LogP contribution < -0.4 is 11.4 Å². The Kier molecular flexibility index (Phi) is 5.13. The number of halogens is 2. The highest BCUT2D eigenvalue weighted by molar-refractivity contribution is 5.26. The molecule has 1 aromatic heterocycles. The number of nitrogens with zero attached hydrogens (tertiary/aromatic N) is 2. The number of aromatic nitrogens is 2. The first-order chi connectivity index (χ1) is 9.02. The Bertz CT molecular complexity index is 495. The van der Waals surface area contributed by atoms with Crippen LogP contribution in [-0.4, -0.2) is 33.5 Å². The Labute approximate surface area is 108 Å². The predicted molar refractivity (Wildman–Crippen MR) is 64.6 cm³/mol. The van der Waals surface area contributed by atoms with E-state index in [9.17, 15) is 13.6 Å². The summed E-state index contributed by atoms with van der Waals surface area (Å²) in [6.45, 7) is 5.64. The van der Waals surface area contributed by atoms with Crippen LogP contribution in [-0.2, 0) is 4.74 Å². The summed E-state index contributed by atoms with van der Waals surface area (Å²) in [4.78, 5) is 14.6. The van der Waals surface area contributed by atoms with Crippen molar-refractivity contribution in [1.82, 2.24) is 9.55 Å². The van der Waals surface area contributed by atoms with Crippen molar-refractivity contribution in [2.75, 3.05) is 12.3 Å². The Morgan fingerprint density at radius 1 is 1.63 bits per heavy atom. The van der Waals surface area contributed by atoms with Crippen molar-refractivity contribution < 1.29 is 18.6 Å². The molecular formula is C11H15F2N3O3. The van der Waals surface area contributed by atoms with Gasteiger partial charge in [0.2, 0.25) is 0 Å². The molecule has 1 saturated heterocycles. The van der Waals surface area contributed by atoms with Gasteiger partial charge in [0, 0.05) is 6.42 Å². The molecule has 3 atom stereocenters. The van der Waals surface area contributed by atoms with Crippen molar-refractivity contribution in [3.05, 3.63) is 35.7 Å². The summed E-state index contributed by atoms with van der Waals surface area (Å²) in [6.07, 6.45) is -2.79. The Morgan fingerprint density at radius 2 is 2.26 bits per heavy atom. The second kappa shape index (κ2) is 6.39. The maximum absolute atomic E-state index is 13.5. The number of nitrogens with two attached hydrogens (primary N) is 1. The number of rotatable bonds is 2. The Hall–Kier alpha value is -1.80. The normalized spacial score (nSPS) is 25.7. The van der Waals surface area contributed by atoms with E-state index in [1.807, 2.05) is 0 Å². The quantitative estimate of drug-likeness (QED) is 0.762. The van der Waals surface area contributed by atoms with E-state index in [1.54, 1.807) is 0 Å². The fraction of sp³-hybridized carbons (Fsp3) is 0.455. The van der Waals surface area contributed by atoms with E-state index >= 15 is 0 Å². The molecule has 8 heteroatoms. The van der Waals surface area contributed by atoms with Crippen molar-refractivity contribution in [3.63, 3.8) is 0 Å². The molecule has 2 heterocycles. The van der Waals surface area contributed by atoms with Crippen LogP contribution in [0.15, 0.2) is 24.1 Å². The average Bonchev–Trinajstić information content (AvgIpc) is 2.77. The molecule has 0 spiro atoms. The third kappa shape index (κ3) is 3.15. The lowest BCUT2D eigenvalue weighted by atomic mass is 10.2. The molecule has 6 nitrogen and oxygen atoms in total. The van der Waals surface area contributed by atoms with Crippen LogP contribution in [0.1, 0.15) is 12.6 Å². The van der Waals surface area contributed by atoms with Crippen LogP contribution in [0.4, 0.5) is 14.6 Å². The van der Waals surface area contributed by atoms with Gasteiger partial charge in [-0.2, -0.15) is 4.98 Å². The summed E-state index contributed by atoms with van der Waals surface area (Å²) >= 11 is 0. The maximum Gasteiger partial charge on any atom is 0.351 e. The molecule has 3 N–H and O–H groups in total. The number of ether oxygens (including phenoxy) is 1. The zero-order valence-electron chi connectivity index (χ0n) is 10.1. The summed E-state index contributed by atoms with van der Waals surface area (Å²) in [5.41, 5.74) is 4.21. The number of hydrogen-bond donors (Lipinski definition) is 2. The molecule has 0 bridgehead atoms. The lowest BCUT2D eigenvalue weighted by Gasteiger charge is -2.16. The number of hydrogen-bond acceptors (Lipinski definition) is 5. The van der Waals surface area contributed by atoms with E-state index in [-0.39, 0.29) is 13.0 Å². The number of aliphatic hydroxyl groups is 1. The fourth-order valence-corrected chi connectivity index (χ4v) is 1.70. The van der Waals surface area contributed by atoms with Crippen LogP contribution in [0.5, 0.6) is 0 Å². The van der Waals surface area contributed by atoms with E-state index in [4.69, 9.17) is 15.6 Å². The second-order valence-electron chi connectivity index (χ2n) is 3.75. The lowest BCUT2D eigenvalue weighted by Crippen LogP contribution is -2.31. The van der Waals surface area contributed by atoms with Crippen LogP contribution in [0.25, 0.3) is 0 Å². The average molecular weight is 275 g/mol. The number of nitrogen functional groups attached to an aromatic ring is 1. The SMILES string of the molecule is C=C.Nc1nc(=O)n(C2OC(CO)CC2F)cc1F. The van der Waals surface area contributed by atoms with E-state index in [0.717, 1.165) is 6.20 Å². The molecule has 0 radical (unpaired) electrons. The highest BCUT2D eigenvalue weighted by Gasteiger charge is 2.37. The number of alkyl halides is 1. The largest absolute Gasteiger partial charge is 0.394 e.